The number of aromatic nitrogens is 3. The molecule has 1 aromatic carbocycles. The first-order chi connectivity index (χ1) is 10.7. The van der Waals surface area contributed by atoms with Gasteiger partial charge >= 0.3 is 0 Å². The fraction of sp³-hybridized carbons (Fsp3) is 0.250. The highest BCUT2D eigenvalue weighted by Crippen LogP contribution is 2.38. The van der Waals surface area contributed by atoms with Crippen molar-refractivity contribution >= 4 is 39.0 Å². The zero-order valence-electron chi connectivity index (χ0n) is 11.8. The Hall–Kier alpha value is -1.59. The second-order valence-electron chi connectivity index (χ2n) is 5.42. The maximum atomic E-state index is 6.39. The Kier molecular flexibility index (Phi) is 3.54. The van der Waals surface area contributed by atoms with Crippen LogP contribution in [-0.2, 0) is 0 Å². The van der Waals surface area contributed by atoms with Gasteiger partial charge in [0.1, 0.15) is 5.82 Å². The summed E-state index contributed by atoms with van der Waals surface area (Å²) in [6, 6.07) is 10.4. The molecule has 0 bridgehead atoms. The predicted octanol–water partition coefficient (Wildman–Crippen LogP) is 4.49. The van der Waals surface area contributed by atoms with Crippen LogP contribution in [-0.4, -0.2) is 21.1 Å². The zero-order valence-corrected chi connectivity index (χ0v) is 14.1. The van der Waals surface area contributed by atoms with E-state index in [2.05, 4.69) is 32.0 Å². The largest absolute Gasteiger partial charge is 0.349 e. The summed E-state index contributed by atoms with van der Waals surface area (Å²) >= 11 is 9.89. The number of benzene rings is 1. The Labute approximate surface area is 141 Å². The molecule has 1 unspecified atom stereocenters. The first-order valence-electron chi connectivity index (χ1n) is 7.25. The van der Waals surface area contributed by atoms with Gasteiger partial charge in [-0.05, 0) is 46.5 Å². The summed E-state index contributed by atoms with van der Waals surface area (Å²) in [7, 11) is 0. The summed E-state index contributed by atoms with van der Waals surface area (Å²) in [5.74, 6) is 0.969. The van der Waals surface area contributed by atoms with Crippen LogP contribution in [0.3, 0.4) is 0 Å². The van der Waals surface area contributed by atoms with Crippen molar-refractivity contribution in [2.45, 2.75) is 18.9 Å². The number of fused-ring (bicyclic) bond motifs is 1. The molecule has 1 saturated heterocycles. The van der Waals surface area contributed by atoms with Gasteiger partial charge in [0.2, 0.25) is 0 Å². The Bertz CT molecular complexity index is 832. The van der Waals surface area contributed by atoms with Crippen molar-refractivity contribution in [3.63, 3.8) is 0 Å². The molecule has 2 aromatic heterocycles. The summed E-state index contributed by atoms with van der Waals surface area (Å²) in [5, 5.41) is 5.07. The minimum atomic E-state index is 0.283. The van der Waals surface area contributed by atoms with Gasteiger partial charge in [-0.3, -0.25) is 0 Å². The van der Waals surface area contributed by atoms with E-state index in [0.29, 0.717) is 0 Å². The van der Waals surface area contributed by atoms with E-state index in [4.69, 9.17) is 16.6 Å². The van der Waals surface area contributed by atoms with Gasteiger partial charge in [-0.25, -0.2) is 9.50 Å². The van der Waals surface area contributed by atoms with Gasteiger partial charge < -0.3 is 4.90 Å². The lowest BCUT2D eigenvalue weighted by molar-refractivity contribution is 0.711. The van der Waals surface area contributed by atoms with Crippen LogP contribution in [0.25, 0.3) is 5.65 Å². The van der Waals surface area contributed by atoms with Gasteiger partial charge in [0.15, 0.2) is 5.65 Å². The number of halogens is 2. The number of hydrogen-bond acceptors (Lipinski definition) is 3. The van der Waals surface area contributed by atoms with E-state index in [-0.39, 0.29) is 6.04 Å². The molecular formula is C16H14BrClN4. The van der Waals surface area contributed by atoms with Crippen molar-refractivity contribution in [1.29, 1.82) is 0 Å². The molecule has 0 amide bonds. The van der Waals surface area contributed by atoms with E-state index < -0.39 is 0 Å². The van der Waals surface area contributed by atoms with Crippen LogP contribution < -0.4 is 4.90 Å². The SMILES string of the molecule is Clc1ccccc1C1CCCN1c1ccn2ncc(Br)c2n1. The molecule has 0 radical (unpaired) electrons. The molecule has 0 saturated carbocycles. The van der Waals surface area contributed by atoms with Crippen LogP contribution in [0.2, 0.25) is 5.02 Å². The zero-order chi connectivity index (χ0) is 15.1. The molecule has 6 heteroatoms. The molecule has 1 fully saturated rings. The average Bonchev–Trinajstić information content (AvgIpc) is 3.15. The highest BCUT2D eigenvalue weighted by atomic mass is 79.9. The number of nitrogens with zero attached hydrogens (tertiary/aromatic N) is 4. The molecular weight excluding hydrogens is 364 g/mol. The molecule has 0 N–H and O–H groups in total. The van der Waals surface area contributed by atoms with E-state index >= 15 is 0 Å². The van der Waals surface area contributed by atoms with Crippen LogP contribution in [0.4, 0.5) is 5.82 Å². The second-order valence-corrected chi connectivity index (χ2v) is 6.68. The molecule has 4 nitrogen and oxygen atoms in total. The van der Waals surface area contributed by atoms with Gasteiger partial charge in [0.25, 0.3) is 0 Å². The highest BCUT2D eigenvalue weighted by molar-refractivity contribution is 9.10. The lowest BCUT2D eigenvalue weighted by atomic mass is 10.0. The smallest absolute Gasteiger partial charge is 0.171 e. The fourth-order valence-corrected chi connectivity index (χ4v) is 3.72. The van der Waals surface area contributed by atoms with Crippen molar-refractivity contribution < 1.29 is 0 Å². The third-order valence-electron chi connectivity index (χ3n) is 4.12. The van der Waals surface area contributed by atoms with Crippen LogP contribution in [0, 0.1) is 0 Å². The van der Waals surface area contributed by atoms with Crippen LogP contribution in [0.15, 0.2) is 47.2 Å². The van der Waals surface area contributed by atoms with E-state index in [1.807, 2.05) is 30.5 Å². The topological polar surface area (TPSA) is 33.4 Å². The van der Waals surface area contributed by atoms with E-state index in [0.717, 1.165) is 40.3 Å². The number of rotatable bonds is 2. The van der Waals surface area contributed by atoms with Crippen molar-refractivity contribution in [2.24, 2.45) is 0 Å². The minimum Gasteiger partial charge on any atom is -0.349 e. The van der Waals surface area contributed by atoms with Crippen LogP contribution >= 0.6 is 27.5 Å². The lowest BCUT2D eigenvalue weighted by Gasteiger charge is -2.26. The van der Waals surface area contributed by atoms with E-state index in [1.54, 1.807) is 10.7 Å². The molecule has 1 atom stereocenters. The number of hydrogen-bond donors (Lipinski definition) is 0. The molecule has 3 aromatic rings. The van der Waals surface area contributed by atoms with Crippen molar-refractivity contribution in [3.8, 4) is 0 Å². The molecule has 4 rings (SSSR count). The normalized spacial score (nSPS) is 18.3. The summed E-state index contributed by atoms with van der Waals surface area (Å²) < 4.78 is 2.68. The van der Waals surface area contributed by atoms with Crippen molar-refractivity contribution in [2.75, 3.05) is 11.4 Å². The van der Waals surface area contributed by atoms with Gasteiger partial charge in [-0.15, -0.1) is 0 Å². The monoisotopic (exact) mass is 376 g/mol. The summed E-state index contributed by atoms with van der Waals surface area (Å²) in [4.78, 5) is 7.09. The van der Waals surface area contributed by atoms with Crippen LogP contribution in [0.5, 0.6) is 0 Å². The quantitative estimate of drug-likeness (QED) is 0.660. The van der Waals surface area contributed by atoms with Gasteiger partial charge in [0.05, 0.1) is 16.7 Å². The summed E-state index contributed by atoms with van der Waals surface area (Å²) in [6.07, 6.45) is 5.95. The maximum absolute atomic E-state index is 6.39. The molecule has 1 aliphatic rings. The Morgan fingerprint density at radius 2 is 2.09 bits per heavy atom. The third-order valence-corrected chi connectivity index (χ3v) is 5.03. The molecule has 0 spiro atoms. The fourth-order valence-electron chi connectivity index (χ4n) is 3.10. The van der Waals surface area contributed by atoms with Gasteiger partial charge in [0, 0.05) is 17.8 Å². The summed E-state index contributed by atoms with van der Waals surface area (Å²) in [6.45, 7) is 0.991. The summed E-state index contributed by atoms with van der Waals surface area (Å²) in [5.41, 5.74) is 2.01. The van der Waals surface area contributed by atoms with E-state index in [1.165, 1.54) is 5.56 Å². The standard InChI is InChI=1S/C16H14BrClN4/c17-12-10-19-22-9-7-15(20-16(12)22)21-8-3-6-14(21)11-4-1-2-5-13(11)18/h1-2,4-5,7,9-10,14H,3,6,8H2. The predicted molar refractivity (Wildman–Crippen MR) is 91.5 cm³/mol. The first kappa shape index (κ1) is 14.0. The Morgan fingerprint density at radius 3 is 2.95 bits per heavy atom. The molecule has 3 heterocycles. The third kappa shape index (κ3) is 2.29. The molecule has 112 valence electrons. The Morgan fingerprint density at radius 1 is 1.23 bits per heavy atom. The van der Waals surface area contributed by atoms with Gasteiger partial charge in [-0.2, -0.15) is 5.10 Å². The first-order valence-corrected chi connectivity index (χ1v) is 8.42. The number of anilines is 1. The maximum Gasteiger partial charge on any atom is 0.171 e. The van der Waals surface area contributed by atoms with Crippen molar-refractivity contribution in [3.05, 3.63) is 57.8 Å². The van der Waals surface area contributed by atoms with Gasteiger partial charge in [-0.1, -0.05) is 29.8 Å². The van der Waals surface area contributed by atoms with E-state index in [9.17, 15) is 0 Å². The Balaban J connectivity index is 1.76. The highest BCUT2D eigenvalue weighted by Gasteiger charge is 2.28. The molecule has 22 heavy (non-hydrogen) atoms. The molecule has 0 aliphatic carbocycles. The van der Waals surface area contributed by atoms with Crippen molar-refractivity contribution in [1.82, 2.24) is 14.6 Å². The average molecular weight is 378 g/mol. The molecule has 1 aliphatic heterocycles. The minimum absolute atomic E-state index is 0.283. The van der Waals surface area contributed by atoms with Crippen LogP contribution in [0.1, 0.15) is 24.4 Å². The second kappa shape index (κ2) is 5.56. The lowest BCUT2D eigenvalue weighted by Crippen LogP contribution is -2.24.